The Morgan fingerprint density at radius 1 is 1.24 bits per heavy atom. The van der Waals surface area contributed by atoms with Crippen LogP contribution in [0.2, 0.25) is 0 Å². The molecule has 1 saturated heterocycles. The summed E-state index contributed by atoms with van der Waals surface area (Å²) in [6.07, 6.45) is 7.14. The maximum atomic E-state index is 13.5. The fraction of sp³-hybridized carbons (Fsp3) is 0.360. The van der Waals surface area contributed by atoms with Gasteiger partial charge in [0.2, 0.25) is 17.7 Å². The van der Waals surface area contributed by atoms with Gasteiger partial charge < -0.3 is 20.3 Å². The van der Waals surface area contributed by atoms with Crippen molar-refractivity contribution >= 4 is 40.7 Å². The van der Waals surface area contributed by atoms with Crippen LogP contribution in [0.25, 0.3) is 5.52 Å². The third-order valence-corrected chi connectivity index (χ3v) is 6.86. The fourth-order valence-corrected chi connectivity index (χ4v) is 4.70. The van der Waals surface area contributed by atoms with Crippen molar-refractivity contribution in [3.63, 3.8) is 0 Å². The highest BCUT2D eigenvalue weighted by Gasteiger charge is 2.45. The number of fused-ring (bicyclic) bond motifs is 1. The van der Waals surface area contributed by atoms with E-state index in [0.717, 1.165) is 17.6 Å². The molecule has 2 fully saturated rings. The van der Waals surface area contributed by atoms with Gasteiger partial charge in [0.15, 0.2) is 11.6 Å². The van der Waals surface area contributed by atoms with Gasteiger partial charge in [-0.2, -0.15) is 10.1 Å². The van der Waals surface area contributed by atoms with E-state index in [1.54, 1.807) is 10.6 Å². The van der Waals surface area contributed by atoms with Gasteiger partial charge in [-0.3, -0.25) is 14.7 Å². The molecule has 0 unspecified atom stereocenters. The quantitative estimate of drug-likeness (QED) is 0.325. The third kappa shape index (κ3) is 4.46. The van der Waals surface area contributed by atoms with E-state index < -0.39 is 11.5 Å². The number of nitrogens with zero attached hydrogens (tertiary/aromatic N) is 6. The van der Waals surface area contributed by atoms with Crippen LogP contribution in [0.4, 0.5) is 23.3 Å². The first kappa shape index (κ1) is 23.0. The molecule has 1 aliphatic heterocycles. The van der Waals surface area contributed by atoms with E-state index in [1.807, 2.05) is 36.2 Å². The number of ether oxygens (including phenoxy) is 1. The van der Waals surface area contributed by atoms with Crippen molar-refractivity contribution in [1.29, 1.82) is 0 Å². The lowest BCUT2D eigenvalue weighted by Gasteiger charge is -2.34. The number of esters is 1. The minimum absolute atomic E-state index is 0.175. The Morgan fingerprint density at radius 2 is 2.11 bits per heavy atom. The molecule has 0 aromatic carbocycles. The van der Waals surface area contributed by atoms with E-state index in [0.29, 0.717) is 42.2 Å². The highest BCUT2D eigenvalue weighted by atomic mass is 16.5. The Balaban J connectivity index is 1.25. The van der Waals surface area contributed by atoms with Crippen LogP contribution in [0.3, 0.4) is 0 Å². The average Bonchev–Trinajstić information content (AvgIpc) is 3.24. The summed E-state index contributed by atoms with van der Waals surface area (Å²) in [4.78, 5) is 35.5. The van der Waals surface area contributed by atoms with Crippen LogP contribution in [0, 0.1) is 0 Å². The molecule has 1 aliphatic carbocycles. The van der Waals surface area contributed by atoms with Gasteiger partial charge in [-0.15, -0.1) is 5.10 Å². The monoisotopic (exact) mass is 501 g/mol. The van der Waals surface area contributed by atoms with Crippen molar-refractivity contribution in [2.24, 2.45) is 0 Å². The molecule has 37 heavy (non-hydrogen) atoms. The van der Waals surface area contributed by atoms with Crippen LogP contribution in [0.5, 0.6) is 5.88 Å². The second kappa shape index (κ2) is 8.87. The summed E-state index contributed by atoms with van der Waals surface area (Å²) in [5.74, 6) is 1.84. The number of pyridine rings is 1. The zero-order chi connectivity index (χ0) is 25.6. The normalized spacial score (nSPS) is 19.2. The summed E-state index contributed by atoms with van der Waals surface area (Å²) < 4.78 is 6.72. The summed E-state index contributed by atoms with van der Waals surface area (Å²) in [6.45, 7) is 3.83. The molecule has 190 valence electrons. The number of carbonyl (C=O) groups is 2. The van der Waals surface area contributed by atoms with Gasteiger partial charge in [0.25, 0.3) is 0 Å². The van der Waals surface area contributed by atoms with E-state index in [9.17, 15) is 9.59 Å². The second-order valence-electron chi connectivity index (χ2n) is 9.67. The van der Waals surface area contributed by atoms with Gasteiger partial charge in [0, 0.05) is 43.4 Å². The van der Waals surface area contributed by atoms with Crippen LogP contribution >= 0.6 is 0 Å². The van der Waals surface area contributed by atoms with E-state index in [2.05, 4.69) is 25.8 Å². The second-order valence-corrected chi connectivity index (χ2v) is 9.67. The topological polar surface area (TPSA) is 142 Å². The van der Waals surface area contributed by atoms with Gasteiger partial charge in [-0.25, -0.2) is 9.50 Å². The Kier molecular flexibility index (Phi) is 5.50. The maximum Gasteiger partial charge on any atom is 0.309 e. The molecule has 1 amide bonds. The molecule has 4 aromatic rings. The summed E-state index contributed by atoms with van der Waals surface area (Å²) in [6, 6.07) is 9.05. The first-order valence-electron chi connectivity index (χ1n) is 12.3. The lowest BCUT2D eigenvalue weighted by atomic mass is 9.97. The van der Waals surface area contributed by atoms with Crippen molar-refractivity contribution in [3.05, 3.63) is 48.4 Å². The number of aromatic nitrogens is 6. The molecule has 1 saturated carbocycles. The van der Waals surface area contributed by atoms with Crippen LogP contribution in [-0.2, 0) is 9.59 Å². The number of aromatic amines is 1. The zero-order valence-corrected chi connectivity index (χ0v) is 20.6. The molecule has 0 bridgehead atoms. The average molecular weight is 502 g/mol. The minimum Gasteiger partial charge on any atom is -0.408 e. The van der Waals surface area contributed by atoms with Crippen molar-refractivity contribution in [2.45, 2.75) is 51.0 Å². The van der Waals surface area contributed by atoms with Crippen molar-refractivity contribution in [3.8, 4) is 5.88 Å². The largest absolute Gasteiger partial charge is 0.408 e. The number of hydrogen-bond acceptors (Lipinski definition) is 9. The van der Waals surface area contributed by atoms with Gasteiger partial charge >= 0.3 is 5.97 Å². The van der Waals surface area contributed by atoms with Crippen LogP contribution in [0.1, 0.15) is 51.1 Å². The molecule has 5 heterocycles. The number of carbonyl (C=O) groups excluding carboxylic acids is 2. The number of rotatable bonds is 7. The van der Waals surface area contributed by atoms with Crippen molar-refractivity contribution in [2.75, 3.05) is 22.1 Å². The van der Waals surface area contributed by atoms with Crippen LogP contribution in [-0.4, -0.2) is 53.7 Å². The lowest BCUT2D eigenvalue weighted by molar-refractivity contribution is -0.132. The van der Waals surface area contributed by atoms with E-state index in [-0.39, 0.29) is 11.8 Å². The number of amides is 1. The van der Waals surface area contributed by atoms with Crippen LogP contribution in [0.15, 0.2) is 42.7 Å². The summed E-state index contributed by atoms with van der Waals surface area (Å²) >= 11 is 0. The summed E-state index contributed by atoms with van der Waals surface area (Å²) in [7, 11) is 0. The van der Waals surface area contributed by atoms with Crippen molar-refractivity contribution in [1.82, 2.24) is 29.8 Å². The zero-order valence-electron chi connectivity index (χ0n) is 20.6. The molecule has 0 radical (unpaired) electrons. The number of nitrogens with one attached hydrogen (secondary N) is 3. The van der Waals surface area contributed by atoms with Gasteiger partial charge in [0.1, 0.15) is 11.1 Å². The van der Waals surface area contributed by atoms with Crippen LogP contribution < -0.4 is 20.3 Å². The maximum absolute atomic E-state index is 13.5. The Hall–Kier alpha value is -4.48. The predicted octanol–water partition coefficient (Wildman–Crippen LogP) is 3.39. The SMILES string of the molecule is CC(=O)Oc1ccc(NC(=O)[C@]2(C)CCCN2c2nc(Nc3cc(C4CC4)[nH]n3)c3cccn3n2)cn1. The minimum atomic E-state index is -0.877. The summed E-state index contributed by atoms with van der Waals surface area (Å²) in [5, 5.41) is 18.5. The molecule has 1 atom stereocenters. The van der Waals surface area contributed by atoms with E-state index >= 15 is 0 Å². The van der Waals surface area contributed by atoms with Crippen molar-refractivity contribution < 1.29 is 14.3 Å². The molecule has 12 nitrogen and oxygen atoms in total. The molecule has 3 N–H and O–H groups in total. The predicted molar refractivity (Wildman–Crippen MR) is 136 cm³/mol. The van der Waals surface area contributed by atoms with Gasteiger partial charge in [0.05, 0.1) is 11.9 Å². The van der Waals surface area contributed by atoms with E-state index in [4.69, 9.17) is 14.8 Å². The van der Waals surface area contributed by atoms with Gasteiger partial charge in [-0.05, 0) is 50.8 Å². The molecule has 2 aliphatic rings. The number of anilines is 4. The molecular weight excluding hydrogens is 474 g/mol. The first-order chi connectivity index (χ1) is 17.9. The number of hydrogen-bond donors (Lipinski definition) is 3. The lowest BCUT2D eigenvalue weighted by Crippen LogP contribution is -2.51. The summed E-state index contributed by atoms with van der Waals surface area (Å²) in [5.41, 5.74) is 1.56. The fourth-order valence-electron chi connectivity index (χ4n) is 4.70. The smallest absolute Gasteiger partial charge is 0.309 e. The Labute approximate surface area is 212 Å². The third-order valence-electron chi connectivity index (χ3n) is 6.86. The van der Waals surface area contributed by atoms with E-state index in [1.165, 1.54) is 32.0 Å². The Morgan fingerprint density at radius 3 is 2.86 bits per heavy atom. The van der Waals surface area contributed by atoms with Gasteiger partial charge in [-0.1, -0.05) is 0 Å². The molecule has 0 spiro atoms. The molecule has 4 aromatic heterocycles. The Bertz CT molecular complexity index is 1470. The molecule has 6 rings (SSSR count). The number of H-pyrrole nitrogens is 1. The molecular formula is C25H27N9O3. The first-order valence-corrected chi connectivity index (χ1v) is 12.3. The standard InChI is InChI=1S/C25H27N9O3/c1-15(35)37-21-9-8-17(14-26-21)27-23(36)25(2)10-4-11-33(25)24-29-22(19-5-3-12-34(19)32-24)28-20-13-18(30-31-20)16-6-7-16/h3,5,8-9,12-14,16H,4,6-7,10-11H2,1-2H3,(H,27,36)(H2,28,29,30,31,32)/t25-/m0/s1. The highest BCUT2D eigenvalue weighted by Crippen LogP contribution is 2.40. The highest BCUT2D eigenvalue weighted by molar-refractivity contribution is 6.00. The molecule has 12 heteroatoms.